The maximum Gasteiger partial charge on any atom is 0.0369 e. The molecule has 2 N–H and O–H groups in total. The number of hydrogen-bond donors (Lipinski definition) is 1. The van der Waals surface area contributed by atoms with E-state index in [9.17, 15) is 0 Å². The van der Waals surface area contributed by atoms with Crippen molar-refractivity contribution in [1.29, 1.82) is 0 Å². The van der Waals surface area contributed by atoms with Gasteiger partial charge in [-0.2, -0.15) is 0 Å². The minimum atomic E-state index is 0.640. The lowest BCUT2D eigenvalue weighted by Gasteiger charge is -2.26. The molecule has 0 aromatic heterocycles. The molecule has 1 aromatic rings. The number of hydrogen-bond acceptors (Lipinski definition) is 2. The number of anilines is 1. The summed E-state index contributed by atoms with van der Waals surface area (Å²) in [5.41, 5.74) is 9.84. The molecule has 0 unspecified atom stereocenters. The van der Waals surface area contributed by atoms with Crippen molar-refractivity contribution in [3.63, 3.8) is 0 Å². The van der Waals surface area contributed by atoms with Gasteiger partial charge in [0.05, 0.1) is 0 Å². The molecule has 0 aliphatic heterocycles. The van der Waals surface area contributed by atoms with Crippen molar-refractivity contribution in [2.45, 2.75) is 104 Å². The van der Waals surface area contributed by atoms with Gasteiger partial charge in [0.2, 0.25) is 0 Å². The highest BCUT2D eigenvalue weighted by molar-refractivity contribution is 5.50. The molecule has 0 spiro atoms. The molecule has 150 valence electrons. The average Bonchev–Trinajstić information content (AvgIpc) is 2.65. The van der Waals surface area contributed by atoms with Gasteiger partial charge in [-0.05, 0) is 43.0 Å². The fraction of sp³-hybridized carbons (Fsp3) is 0.750. The van der Waals surface area contributed by atoms with Crippen molar-refractivity contribution in [2.24, 2.45) is 5.73 Å². The Morgan fingerprint density at radius 1 is 0.731 bits per heavy atom. The van der Waals surface area contributed by atoms with E-state index in [1.165, 1.54) is 107 Å². The first-order valence-corrected chi connectivity index (χ1v) is 11.3. The Labute approximate surface area is 163 Å². The largest absolute Gasteiger partial charge is 0.372 e. The molecule has 0 radical (unpaired) electrons. The Kier molecular flexibility index (Phi) is 13.4. The van der Waals surface area contributed by atoms with Gasteiger partial charge < -0.3 is 10.6 Å². The minimum Gasteiger partial charge on any atom is -0.372 e. The van der Waals surface area contributed by atoms with Crippen LogP contribution in [-0.4, -0.2) is 13.1 Å². The van der Waals surface area contributed by atoms with Gasteiger partial charge in [-0.25, -0.2) is 0 Å². The molecule has 0 aliphatic carbocycles. The third kappa shape index (κ3) is 9.62. The van der Waals surface area contributed by atoms with E-state index in [1.807, 2.05) is 0 Å². The van der Waals surface area contributed by atoms with E-state index >= 15 is 0 Å². The van der Waals surface area contributed by atoms with Crippen molar-refractivity contribution < 1.29 is 0 Å². The fourth-order valence-corrected chi connectivity index (χ4v) is 3.64. The van der Waals surface area contributed by atoms with E-state index in [2.05, 4.69) is 43.9 Å². The molecule has 0 bridgehead atoms. The molecule has 0 saturated carbocycles. The Balaban J connectivity index is 2.50. The van der Waals surface area contributed by atoms with Crippen LogP contribution in [0.5, 0.6) is 0 Å². The van der Waals surface area contributed by atoms with Gasteiger partial charge in [0.25, 0.3) is 0 Å². The predicted octanol–water partition coefficient (Wildman–Crippen LogP) is 6.98. The molecule has 1 rings (SSSR count). The van der Waals surface area contributed by atoms with Gasteiger partial charge in [-0.15, -0.1) is 0 Å². The van der Waals surface area contributed by atoms with Crippen LogP contribution in [0.15, 0.2) is 18.2 Å². The van der Waals surface area contributed by atoms with E-state index in [0.29, 0.717) is 6.54 Å². The highest BCUT2D eigenvalue weighted by Crippen LogP contribution is 2.21. The highest BCUT2D eigenvalue weighted by Gasteiger charge is 2.08. The first kappa shape index (κ1) is 23.0. The molecule has 0 amide bonds. The topological polar surface area (TPSA) is 29.3 Å². The van der Waals surface area contributed by atoms with Gasteiger partial charge in [0.15, 0.2) is 0 Å². The quantitative estimate of drug-likeness (QED) is 0.322. The maximum absolute atomic E-state index is 5.84. The second-order valence-electron chi connectivity index (χ2n) is 7.84. The Morgan fingerprint density at radius 3 is 1.69 bits per heavy atom. The summed E-state index contributed by atoms with van der Waals surface area (Å²) in [5, 5.41) is 0. The molecule has 0 saturated heterocycles. The van der Waals surface area contributed by atoms with Gasteiger partial charge in [-0.3, -0.25) is 0 Å². The lowest BCUT2D eigenvalue weighted by molar-refractivity contribution is 0.575. The number of aryl methyl sites for hydroxylation is 1. The van der Waals surface area contributed by atoms with Crippen LogP contribution in [0.2, 0.25) is 0 Å². The summed E-state index contributed by atoms with van der Waals surface area (Å²) in [6.45, 7) is 9.80. The number of rotatable bonds is 16. The molecule has 0 atom stereocenters. The average molecular weight is 361 g/mol. The van der Waals surface area contributed by atoms with Crippen molar-refractivity contribution in [2.75, 3.05) is 18.0 Å². The van der Waals surface area contributed by atoms with Crippen molar-refractivity contribution in [1.82, 2.24) is 0 Å². The van der Waals surface area contributed by atoms with E-state index in [-0.39, 0.29) is 0 Å². The Hall–Kier alpha value is -1.02. The van der Waals surface area contributed by atoms with Gasteiger partial charge in [0, 0.05) is 25.3 Å². The van der Waals surface area contributed by atoms with E-state index in [4.69, 9.17) is 5.73 Å². The monoisotopic (exact) mass is 360 g/mol. The van der Waals surface area contributed by atoms with Crippen LogP contribution >= 0.6 is 0 Å². The summed E-state index contributed by atoms with van der Waals surface area (Å²) in [4.78, 5) is 2.62. The number of nitrogens with zero attached hydrogens (tertiary/aromatic N) is 1. The molecule has 1 aromatic carbocycles. The Morgan fingerprint density at radius 2 is 1.23 bits per heavy atom. The molecule has 0 aliphatic rings. The number of unbranched alkanes of at least 4 members (excludes halogenated alkanes) is 10. The summed E-state index contributed by atoms with van der Waals surface area (Å²) in [6, 6.07) is 6.85. The van der Waals surface area contributed by atoms with Crippen LogP contribution < -0.4 is 10.6 Å². The Bertz CT molecular complexity index is 440. The lowest BCUT2D eigenvalue weighted by atomic mass is 10.1. The molecule has 2 nitrogen and oxygen atoms in total. The lowest BCUT2D eigenvalue weighted by Crippen LogP contribution is -2.26. The standard InChI is InChI=1S/C24H44N2/c1-4-6-8-10-12-14-18-26(19-15-13-11-9-7-5-2)24-17-16-23(21-25)22(3)20-24/h16-17,20H,4-15,18-19,21,25H2,1-3H3. The smallest absolute Gasteiger partial charge is 0.0369 e. The molecule has 0 fully saturated rings. The first-order valence-electron chi connectivity index (χ1n) is 11.3. The minimum absolute atomic E-state index is 0.640. The summed E-state index contributed by atoms with van der Waals surface area (Å²) in [6.07, 6.45) is 16.4. The fourth-order valence-electron chi connectivity index (χ4n) is 3.64. The molecular formula is C24H44N2. The SMILES string of the molecule is CCCCCCCCN(CCCCCCCC)c1ccc(CN)c(C)c1. The van der Waals surface area contributed by atoms with Crippen molar-refractivity contribution >= 4 is 5.69 Å². The van der Waals surface area contributed by atoms with Crippen LogP contribution in [-0.2, 0) is 6.54 Å². The first-order chi connectivity index (χ1) is 12.7. The maximum atomic E-state index is 5.84. The molecular weight excluding hydrogens is 316 g/mol. The third-order valence-corrected chi connectivity index (χ3v) is 5.47. The zero-order valence-electron chi connectivity index (χ0n) is 17.9. The van der Waals surface area contributed by atoms with Crippen molar-refractivity contribution in [3.8, 4) is 0 Å². The second kappa shape index (κ2) is 15.1. The van der Waals surface area contributed by atoms with E-state index in [0.717, 1.165) is 0 Å². The zero-order chi connectivity index (χ0) is 19.0. The van der Waals surface area contributed by atoms with Crippen molar-refractivity contribution in [3.05, 3.63) is 29.3 Å². The molecule has 2 heteroatoms. The van der Waals surface area contributed by atoms with E-state index < -0.39 is 0 Å². The molecule has 26 heavy (non-hydrogen) atoms. The van der Waals surface area contributed by atoms with E-state index in [1.54, 1.807) is 0 Å². The van der Waals surface area contributed by atoms with Gasteiger partial charge in [-0.1, -0.05) is 84.1 Å². The van der Waals surface area contributed by atoms with Crippen LogP contribution in [0, 0.1) is 6.92 Å². The van der Waals surface area contributed by atoms with Gasteiger partial charge >= 0.3 is 0 Å². The molecule has 0 heterocycles. The number of nitrogens with two attached hydrogens (primary N) is 1. The third-order valence-electron chi connectivity index (χ3n) is 5.47. The summed E-state index contributed by atoms with van der Waals surface area (Å²) in [5.74, 6) is 0. The normalized spacial score (nSPS) is 11.1. The van der Waals surface area contributed by atoms with Crippen LogP contribution in [0.1, 0.15) is 102 Å². The summed E-state index contributed by atoms with van der Waals surface area (Å²) < 4.78 is 0. The highest BCUT2D eigenvalue weighted by atomic mass is 15.1. The zero-order valence-corrected chi connectivity index (χ0v) is 17.9. The van der Waals surface area contributed by atoms with Gasteiger partial charge in [0.1, 0.15) is 0 Å². The number of benzene rings is 1. The summed E-state index contributed by atoms with van der Waals surface area (Å²) in [7, 11) is 0. The summed E-state index contributed by atoms with van der Waals surface area (Å²) >= 11 is 0. The predicted molar refractivity (Wildman–Crippen MR) is 118 cm³/mol. The van der Waals surface area contributed by atoms with Crippen LogP contribution in [0.4, 0.5) is 5.69 Å². The van der Waals surface area contributed by atoms with Crippen LogP contribution in [0.3, 0.4) is 0 Å². The van der Waals surface area contributed by atoms with Crippen LogP contribution in [0.25, 0.3) is 0 Å². The second-order valence-corrected chi connectivity index (χ2v) is 7.84.